The molecule has 20 heavy (non-hydrogen) atoms. The molecule has 2 aromatic rings. The molecule has 0 fully saturated rings. The minimum absolute atomic E-state index is 0.275. The molecule has 0 aliphatic carbocycles. The molecule has 0 atom stereocenters. The lowest BCUT2D eigenvalue weighted by molar-refractivity contribution is 0.370. The van der Waals surface area contributed by atoms with Gasteiger partial charge in [-0.1, -0.05) is 35.7 Å². The number of nitrogens with zero attached hydrogens (tertiary/aromatic N) is 1. The topological polar surface area (TPSA) is 21.6 Å². The van der Waals surface area contributed by atoms with Gasteiger partial charge in [0.2, 0.25) is 0 Å². The van der Waals surface area contributed by atoms with E-state index < -0.39 is 0 Å². The molecule has 0 unspecified atom stereocenters. The molecule has 100 valence electrons. The van der Waals surface area contributed by atoms with E-state index >= 15 is 0 Å². The summed E-state index contributed by atoms with van der Waals surface area (Å²) in [7, 11) is 0. The first kappa shape index (κ1) is 13.9. The molecule has 0 bridgehead atoms. The summed E-state index contributed by atoms with van der Waals surface area (Å²) < 4.78 is 5.39. The van der Waals surface area contributed by atoms with E-state index in [0.717, 1.165) is 17.0 Å². The molecule has 0 N–H and O–H groups in total. The molecule has 2 rings (SSSR count). The van der Waals surface area contributed by atoms with Gasteiger partial charge in [0.1, 0.15) is 12.4 Å². The number of terminal acetylenes is 1. The summed E-state index contributed by atoms with van der Waals surface area (Å²) in [5.74, 6) is 3.21. The van der Waals surface area contributed by atoms with Gasteiger partial charge in [-0.3, -0.25) is 4.99 Å². The second kappa shape index (κ2) is 6.58. The van der Waals surface area contributed by atoms with Crippen LogP contribution in [0.15, 0.2) is 47.5 Å². The number of aryl methyl sites for hydroxylation is 2. The van der Waals surface area contributed by atoms with Crippen molar-refractivity contribution in [3.63, 3.8) is 0 Å². The fourth-order valence-electron chi connectivity index (χ4n) is 1.90. The highest BCUT2D eigenvalue weighted by atomic mass is 16.5. The monoisotopic (exact) mass is 263 g/mol. The Labute approximate surface area is 120 Å². The Morgan fingerprint density at radius 3 is 2.80 bits per heavy atom. The van der Waals surface area contributed by atoms with Crippen molar-refractivity contribution < 1.29 is 4.74 Å². The van der Waals surface area contributed by atoms with Crippen LogP contribution in [0.4, 0.5) is 5.69 Å². The van der Waals surface area contributed by atoms with E-state index in [0.29, 0.717) is 0 Å². The van der Waals surface area contributed by atoms with Crippen LogP contribution in [0.5, 0.6) is 5.75 Å². The molecule has 0 heterocycles. The number of rotatable bonds is 4. The molecule has 2 heteroatoms. The first-order chi connectivity index (χ1) is 9.69. The summed E-state index contributed by atoms with van der Waals surface area (Å²) in [6.07, 6.45) is 7.01. The molecular formula is C18H17NO. The maximum Gasteiger partial charge on any atom is 0.148 e. The van der Waals surface area contributed by atoms with Gasteiger partial charge in [-0.05, 0) is 43.2 Å². The normalized spacial score (nSPS) is 10.4. The van der Waals surface area contributed by atoms with Crippen LogP contribution in [-0.4, -0.2) is 12.8 Å². The van der Waals surface area contributed by atoms with Gasteiger partial charge in [0.05, 0.1) is 5.69 Å². The average Bonchev–Trinajstić information content (AvgIpc) is 2.45. The fourth-order valence-corrected chi connectivity index (χ4v) is 1.90. The summed E-state index contributed by atoms with van der Waals surface area (Å²) in [6.45, 7) is 4.41. The van der Waals surface area contributed by atoms with E-state index in [4.69, 9.17) is 11.2 Å². The van der Waals surface area contributed by atoms with Crippen molar-refractivity contribution >= 4 is 11.9 Å². The maximum absolute atomic E-state index is 5.39. The van der Waals surface area contributed by atoms with Gasteiger partial charge in [0.15, 0.2) is 0 Å². The summed E-state index contributed by atoms with van der Waals surface area (Å²) in [4.78, 5) is 4.52. The highest BCUT2D eigenvalue weighted by Crippen LogP contribution is 2.20. The van der Waals surface area contributed by atoms with Gasteiger partial charge >= 0.3 is 0 Å². The molecule has 0 aliphatic rings. The predicted molar refractivity (Wildman–Crippen MR) is 83.9 cm³/mol. The molecular weight excluding hydrogens is 246 g/mol. The van der Waals surface area contributed by atoms with Gasteiger partial charge < -0.3 is 4.74 Å². The smallest absolute Gasteiger partial charge is 0.148 e. The van der Waals surface area contributed by atoms with Crippen LogP contribution in [0.2, 0.25) is 0 Å². The van der Waals surface area contributed by atoms with Crippen LogP contribution >= 0.6 is 0 Å². The standard InChI is InChI=1S/C18H17NO/c1-4-10-20-17-7-5-6-16(12-17)13-19-18-9-8-14(2)11-15(18)3/h1,5-9,11-13H,10H2,2-3H3. The van der Waals surface area contributed by atoms with Crippen molar-refractivity contribution in [3.8, 4) is 18.1 Å². The maximum atomic E-state index is 5.39. The van der Waals surface area contributed by atoms with Crippen LogP contribution in [-0.2, 0) is 0 Å². The highest BCUT2D eigenvalue weighted by molar-refractivity contribution is 5.82. The van der Waals surface area contributed by atoms with Crippen LogP contribution in [0, 0.1) is 26.2 Å². The zero-order valence-electron chi connectivity index (χ0n) is 11.8. The number of hydrogen-bond acceptors (Lipinski definition) is 2. The summed E-state index contributed by atoms with van der Waals surface area (Å²) in [5.41, 5.74) is 4.37. The summed E-state index contributed by atoms with van der Waals surface area (Å²) >= 11 is 0. The van der Waals surface area contributed by atoms with E-state index in [9.17, 15) is 0 Å². The number of benzene rings is 2. The molecule has 0 saturated heterocycles. The lowest BCUT2D eigenvalue weighted by Gasteiger charge is -2.03. The fraction of sp³-hybridized carbons (Fsp3) is 0.167. The molecule has 0 amide bonds. The number of hydrogen-bond donors (Lipinski definition) is 0. The molecule has 0 aromatic heterocycles. The van der Waals surface area contributed by atoms with Gasteiger partial charge in [0.25, 0.3) is 0 Å². The molecule has 2 nitrogen and oxygen atoms in total. The molecule has 2 aromatic carbocycles. The summed E-state index contributed by atoms with van der Waals surface area (Å²) in [5, 5.41) is 0. The van der Waals surface area contributed by atoms with Crippen molar-refractivity contribution in [3.05, 3.63) is 59.2 Å². The van der Waals surface area contributed by atoms with Crippen molar-refractivity contribution in [2.45, 2.75) is 13.8 Å². The predicted octanol–water partition coefficient (Wildman–Crippen LogP) is 4.07. The van der Waals surface area contributed by atoms with Crippen molar-refractivity contribution in [2.24, 2.45) is 4.99 Å². The molecule has 0 radical (unpaired) electrons. The molecule has 0 spiro atoms. The third kappa shape index (κ3) is 3.73. The van der Waals surface area contributed by atoms with E-state index in [-0.39, 0.29) is 6.61 Å². The zero-order valence-corrected chi connectivity index (χ0v) is 11.8. The minimum atomic E-state index is 0.275. The quantitative estimate of drug-likeness (QED) is 0.602. The lowest BCUT2D eigenvalue weighted by Crippen LogP contribution is -1.93. The molecule has 0 aliphatic heterocycles. The Kier molecular flexibility index (Phi) is 4.57. The first-order valence-corrected chi connectivity index (χ1v) is 6.46. The second-order valence-electron chi connectivity index (χ2n) is 4.61. The SMILES string of the molecule is C#CCOc1cccc(C=Nc2ccc(C)cc2C)c1. The Morgan fingerprint density at radius 2 is 2.05 bits per heavy atom. The van der Waals surface area contributed by atoms with Gasteiger partial charge in [0, 0.05) is 6.21 Å². The van der Waals surface area contributed by atoms with Gasteiger partial charge in [-0.15, -0.1) is 6.42 Å². The van der Waals surface area contributed by atoms with E-state index in [1.165, 1.54) is 11.1 Å². The minimum Gasteiger partial charge on any atom is -0.481 e. The van der Waals surface area contributed by atoms with Crippen LogP contribution in [0.25, 0.3) is 0 Å². The number of ether oxygens (including phenoxy) is 1. The van der Waals surface area contributed by atoms with E-state index in [1.54, 1.807) is 0 Å². The lowest BCUT2D eigenvalue weighted by atomic mass is 10.1. The van der Waals surface area contributed by atoms with Crippen molar-refractivity contribution in [2.75, 3.05) is 6.61 Å². The Morgan fingerprint density at radius 1 is 1.20 bits per heavy atom. The highest BCUT2D eigenvalue weighted by Gasteiger charge is 1.97. The van der Waals surface area contributed by atoms with Crippen LogP contribution in [0.3, 0.4) is 0 Å². The third-order valence-electron chi connectivity index (χ3n) is 2.89. The molecule has 0 saturated carbocycles. The second-order valence-corrected chi connectivity index (χ2v) is 4.61. The van der Waals surface area contributed by atoms with Crippen LogP contribution < -0.4 is 4.74 Å². The Bertz CT molecular complexity index is 665. The van der Waals surface area contributed by atoms with Crippen molar-refractivity contribution in [1.29, 1.82) is 0 Å². The first-order valence-electron chi connectivity index (χ1n) is 6.46. The Balaban J connectivity index is 2.17. The third-order valence-corrected chi connectivity index (χ3v) is 2.89. The average molecular weight is 263 g/mol. The Hall–Kier alpha value is -2.53. The number of aliphatic imine (C=N–C) groups is 1. The van der Waals surface area contributed by atoms with Gasteiger partial charge in [-0.25, -0.2) is 0 Å². The van der Waals surface area contributed by atoms with Crippen LogP contribution in [0.1, 0.15) is 16.7 Å². The van der Waals surface area contributed by atoms with Gasteiger partial charge in [-0.2, -0.15) is 0 Å². The van der Waals surface area contributed by atoms with Crippen molar-refractivity contribution in [1.82, 2.24) is 0 Å². The summed E-state index contributed by atoms with van der Waals surface area (Å²) in [6, 6.07) is 13.9. The largest absolute Gasteiger partial charge is 0.481 e. The zero-order chi connectivity index (χ0) is 14.4. The van der Waals surface area contributed by atoms with E-state index in [2.05, 4.69) is 36.9 Å². The van der Waals surface area contributed by atoms with E-state index in [1.807, 2.05) is 36.5 Å².